The van der Waals surface area contributed by atoms with Crippen molar-refractivity contribution < 1.29 is 14.7 Å². The van der Waals surface area contributed by atoms with Crippen LogP contribution < -0.4 is 0 Å². The molecule has 1 aliphatic heterocycles. The SMILES string of the molecule is CN1C(=O)/C(=C/c2ccc(Br)cc2)SC1=Nc1cccc(C(=O)O)c1. The Kier molecular flexibility index (Phi) is 5.06. The average Bonchev–Trinajstić information content (AvgIpc) is 2.85. The summed E-state index contributed by atoms with van der Waals surface area (Å²) in [5.41, 5.74) is 1.57. The Hall–Kier alpha value is -2.38. The molecule has 1 fully saturated rings. The largest absolute Gasteiger partial charge is 0.478 e. The molecule has 3 rings (SSSR count). The number of aromatic carboxylic acids is 1. The molecule has 0 aliphatic carbocycles. The van der Waals surface area contributed by atoms with Gasteiger partial charge in [-0.25, -0.2) is 9.79 Å². The van der Waals surface area contributed by atoms with E-state index in [-0.39, 0.29) is 11.5 Å². The minimum absolute atomic E-state index is 0.138. The summed E-state index contributed by atoms with van der Waals surface area (Å²) in [5.74, 6) is -1.15. The predicted octanol–water partition coefficient (Wildman–Crippen LogP) is 4.38. The highest BCUT2D eigenvalue weighted by atomic mass is 79.9. The number of rotatable bonds is 3. The van der Waals surface area contributed by atoms with E-state index >= 15 is 0 Å². The topological polar surface area (TPSA) is 70.0 Å². The lowest BCUT2D eigenvalue weighted by atomic mass is 10.2. The fourth-order valence-corrected chi connectivity index (χ4v) is 3.43. The Morgan fingerprint density at radius 3 is 2.64 bits per heavy atom. The number of carboxylic acid groups (broad SMARTS) is 1. The molecule has 1 N–H and O–H groups in total. The van der Waals surface area contributed by atoms with Gasteiger partial charge in [0.25, 0.3) is 5.91 Å². The molecule has 1 heterocycles. The lowest BCUT2D eigenvalue weighted by Gasteiger charge is -2.07. The van der Waals surface area contributed by atoms with Crippen molar-refractivity contribution in [3.63, 3.8) is 0 Å². The lowest BCUT2D eigenvalue weighted by molar-refractivity contribution is -0.121. The van der Waals surface area contributed by atoms with E-state index in [1.807, 2.05) is 30.3 Å². The van der Waals surface area contributed by atoms with Crippen molar-refractivity contribution in [2.24, 2.45) is 4.99 Å². The minimum Gasteiger partial charge on any atom is -0.478 e. The number of benzene rings is 2. The maximum absolute atomic E-state index is 12.4. The number of carbonyl (C=O) groups excluding carboxylic acids is 1. The molecule has 5 nitrogen and oxygen atoms in total. The van der Waals surface area contributed by atoms with Crippen molar-refractivity contribution in [3.8, 4) is 0 Å². The molecule has 2 aromatic carbocycles. The molecule has 0 aromatic heterocycles. The fourth-order valence-electron chi connectivity index (χ4n) is 2.18. The molecule has 0 atom stereocenters. The highest BCUT2D eigenvalue weighted by Crippen LogP contribution is 2.33. The molecular weight excluding hydrogens is 404 g/mol. The van der Waals surface area contributed by atoms with Gasteiger partial charge in [0.05, 0.1) is 16.2 Å². The number of thioether (sulfide) groups is 1. The van der Waals surface area contributed by atoms with Crippen LogP contribution in [0, 0.1) is 0 Å². The van der Waals surface area contributed by atoms with Gasteiger partial charge < -0.3 is 5.11 Å². The Labute approximate surface area is 157 Å². The second-order valence-electron chi connectivity index (χ2n) is 5.28. The number of likely N-dealkylation sites (N-methyl/N-ethyl adjacent to an activating group) is 1. The number of amidine groups is 1. The molecule has 7 heteroatoms. The zero-order valence-corrected chi connectivity index (χ0v) is 15.5. The van der Waals surface area contributed by atoms with Crippen molar-refractivity contribution in [2.75, 3.05) is 7.05 Å². The number of hydrogen-bond donors (Lipinski definition) is 1. The Morgan fingerprint density at radius 1 is 1.24 bits per heavy atom. The molecule has 126 valence electrons. The van der Waals surface area contributed by atoms with Crippen molar-refractivity contribution in [3.05, 3.63) is 69.0 Å². The van der Waals surface area contributed by atoms with E-state index in [0.717, 1.165) is 10.0 Å². The molecule has 0 unspecified atom stereocenters. The summed E-state index contributed by atoms with van der Waals surface area (Å²) >= 11 is 4.64. The molecule has 0 radical (unpaired) electrons. The Balaban J connectivity index is 1.89. The molecule has 1 saturated heterocycles. The van der Waals surface area contributed by atoms with Gasteiger partial charge in [0.1, 0.15) is 0 Å². The lowest BCUT2D eigenvalue weighted by Crippen LogP contribution is -2.23. The maximum Gasteiger partial charge on any atom is 0.335 e. The zero-order chi connectivity index (χ0) is 18.0. The van der Waals surface area contributed by atoms with Gasteiger partial charge in [-0.15, -0.1) is 0 Å². The van der Waals surface area contributed by atoms with Crippen LogP contribution in [0.2, 0.25) is 0 Å². The van der Waals surface area contributed by atoms with E-state index in [9.17, 15) is 9.59 Å². The van der Waals surface area contributed by atoms with Crippen molar-refractivity contribution in [1.29, 1.82) is 0 Å². The summed E-state index contributed by atoms with van der Waals surface area (Å²) in [6.45, 7) is 0. The second kappa shape index (κ2) is 7.25. The van der Waals surface area contributed by atoms with Crippen LogP contribution in [0.15, 0.2) is 62.9 Å². The Bertz CT molecular complexity index is 907. The van der Waals surface area contributed by atoms with Gasteiger partial charge in [0.15, 0.2) is 5.17 Å². The number of nitrogens with zero attached hydrogens (tertiary/aromatic N) is 2. The number of hydrogen-bond acceptors (Lipinski definition) is 4. The third-order valence-electron chi connectivity index (χ3n) is 3.49. The summed E-state index contributed by atoms with van der Waals surface area (Å²) in [6.07, 6.45) is 1.81. The number of amides is 1. The van der Waals surface area contributed by atoms with Crippen LogP contribution in [0.5, 0.6) is 0 Å². The van der Waals surface area contributed by atoms with Crippen molar-refractivity contribution >= 4 is 56.5 Å². The second-order valence-corrected chi connectivity index (χ2v) is 7.20. The molecule has 0 saturated carbocycles. The number of aliphatic imine (C=N–C) groups is 1. The van der Waals surface area contributed by atoms with E-state index in [1.165, 1.54) is 28.8 Å². The normalized spacial score (nSPS) is 17.5. The van der Waals surface area contributed by atoms with Crippen molar-refractivity contribution in [1.82, 2.24) is 4.90 Å². The first-order valence-electron chi connectivity index (χ1n) is 7.29. The van der Waals surface area contributed by atoms with Crippen LogP contribution in [0.25, 0.3) is 6.08 Å². The van der Waals surface area contributed by atoms with Crippen LogP contribution >= 0.6 is 27.7 Å². The molecule has 0 spiro atoms. The molecular formula is C18H13BrN2O3S. The van der Waals surface area contributed by atoms with Crippen LogP contribution in [0.3, 0.4) is 0 Å². The highest BCUT2D eigenvalue weighted by molar-refractivity contribution is 9.10. The minimum atomic E-state index is -1.01. The third kappa shape index (κ3) is 4.00. The standard InChI is InChI=1S/C18H13BrN2O3S/c1-21-16(22)15(9-11-5-7-13(19)8-6-11)25-18(21)20-14-4-2-3-12(10-14)17(23)24/h2-10H,1H3,(H,23,24)/b15-9-,20-18?. The van der Waals surface area contributed by atoms with E-state index < -0.39 is 5.97 Å². The van der Waals surface area contributed by atoms with Gasteiger partial charge in [-0.05, 0) is 53.7 Å². The summed E-state index contributed by atoms with van der Waals surface area (Å²) in [4.78, 5) is 29.9. The highest BCUT2D eigenvalue weighted by Gasteiger charge is 2.30. The summed E-state index contributed by atoms with van der Waals surface area (Å²) in [5, 5.41) is 9.57. The smallest absolute Gasteiger partial charge is 0.335 e. The van der Waals surface area contributed by atoms with Crippen LogP contribution in [-0.2, 0) is 4.79 Å². The molecule has 1 aliphatic rings. The van der Waals surface area contributed by atoms with Crippen LogP contribution in [0.4, 0.5) is 5.69 Å². The van der Waals surface area contributed by atoms with Gasteiger partial charge >= 0.3 is 5.97 Å². The molecule has 1 amide bonds. The van der Waals surface area contributed by atoms with Gasteiger partial charge in [0.2, 0.25) is 0 Å². The van der Waals surface area contributed by atoms with Gasteiger partial charge in [-0.3, -0.25) is 9.69 Å². The number of carbonyl (C=O) groups is 2. The quantitative estimate of drug-likeness (QED) is 0.753. The number of halogens is 1. The zero-order valence-electron chi connectivity index (χ0n) is 13.1. The first-order valence-corrected chi connectivity index (χ1v) is 8.90. The first-order chi connectivity index (χ1) is 11.9. The Morgan fingerprint density at radius 2 is 1.96 bits per heavy atom. The monoisotopic (exact) mass is 416 g/mol. The van der Waals surface area contributed by atoms with E-state index in [2.05, 4.69) is 20.9 Å². The fraction of sp³-hybridized carbons (Fsp3) is 0.0556. The summed E-state index contributed by atoms with van der Waals surface area (Å²) in [7, 11) is 1.65. The van der Waals surface area contributed by atoms with E-state index in [1.54, 1.807) is 19.2 Å². The van der Waals surface area contributed by atoms with E-state index in [4.69, 9.17) is 5.11 Å². The molecule has 25 heavy (non-hydrogen) atoms. The summed E-state index contributed by atoms with van der Waals surface area (Å²) in [6, 6.07) is 14.0. The van der Waals surface area contributed by atoms with Crippen LogP contribution in [-0.4, -0.2) is 34.1 Å². The van der Waals surface area contributed by atoms with Gasteiger partial charge in [-0.1, -0.05) is 34.1 Å². The molecule has 0 bridgehead atoms. The summed E-state index contributed by atoms with van der Waals surface area (Å²) < 4.78 is 0.970. The van der Waals surface area contributed by atoms with Crippen LogP contribution in [0.1, 0.15) is 15.9 Å². The first kappa shape index (κ1) is 17.4. The van der Waals surface area contributed by atoms with E-state index in [0.29, 0.717) is 15.8 Å². The van der Waals surface area contributed by atoms with Gasteiger partial charge in [0, 0.05) is 11.5 Å². The van der Waals surface area contributed by atoms with Crippen molar-refractivity contribution in [2.45, 2.75) is 0 Å². The predicted molar refractivity (Wildman–Crippen MR) is 103 cm³/mol. The third-order valence-corrected chi connectivity index (χ3v) is 5.08. The molecule has 2 aromatic rings. The van der Waals surface area contributed by atoms with Gasteiger partial charge in [-0.2, -0.15) is 0 Å². The maximum atomic E-state index is 12.4. The number of carboxylic acids is 1. The average molecular weight is 417 g/mol.